The number of fused-ring (bicyclic) bond motifs is 6. The van der Waals surface area contributed by atoms with Gasteiger partial charge in [-0.05, 0) is 47.5 Å². The van der Waals surface area contributed by atoms with E-state index in [9.17, 15) is 0 Å². The largest absolute Gasteiger partial charge is 0.481 e. The Kier molecular flexibility index (Phi) is 7.33. The van der Waals surface area contributed by atoms with E-state index in [2.05, 4.69) is 106 Å². The lowest BCUT2D eigenvalue weighted by Gasteiger charge is -2.17. The molecule has 7 rings (SSSR count). The maximum absolute atomic E-state index is 6.05. The molecular formula is C42H28N2O2. The molecule has 0 radical (unpaired) electrons. The van der Waals surface area contributed by atoms with Crippen molar-refractivity contribution in [3.63, 3.8) is 0 Å². The van der Waals surface area contributed by atoms with Gasteiger partial charge in [0.25, 0.3) is 0 Å². The van der Waals surface area contributed by atoms with Crippen LogP contribution >= 0.6 is 0 Å². The summed E-state index contributed by atoms with van der Waals surface area (Å²) in [6, 6.07) is 33.0. The Bertz CT molecular complexity index is 2270. The molecule has 0 amide bonds. The zero-order chi connectivity index (χ0) is 31.6. The van der Waals surface area contributed by atoms with Gasteiger partial charge in [0.2, 0.25) is 0 Å². The second-order valence-electron chi connectivity index (χ2n) is 10.8. The molecule has 0 aliphatic carbocycles. The summed E-state index contributed by atoms with van der Waals surface area (Å²) in [6.45, 7) is 1.19. The highest BCUT2D eigenvalue weighted by atomic mass is 16.5. The molecule has 0 fully saturated rings. The minimum Gasteiger partial charge on any atom is -0.481 e. The Balaban J connectivity index is 1.72. The van der Waals surface area contributed by atoms with E-state index in [0.717, 1.165) is 65.9 Å². The summed E-state index contributed by atoms with van der Waals surface area (Å²) >= 11 is 0. The monoisotopic (exact) mass is 592 g/mol. The predicted octanol–water partition coefficient (Wildman–Crippen LogP) is 8.53. The molecule has 0 atom stereocenters. The second kappa shape index (κ2) is 11.9. The third-order valence-corrected chi connectivity index (χ3v) is 8.34. The first-order valence-electron chi connectivity index (χ1n) is 14.9. The number of nitrogens with zero attached hydrogens (tertiary/aromatic N) is 2. The molecule has 4 heteroatoms. The van der Waals surface area contributed by atoms with Gasteiger partial charge in [-0.15, -0.1) is 25.7 Å². The molecular weight excluding hydrogens is 564 g/mol. The lowest BCUT2D eigenvalue weighted by molar-refractivity contribution is 0.370. The number of benzene rings is 5. The van der Waals surface area contributed by atoms with Crippen LogP contribution in [0, 0.1) is 49.4 Å². The quantitative estimate of drug-likeness (QED) is 0.166. The third-order valence-electron chi connectivity index (χ3n) is 8.34. The van der Waals surface area contributed by atoms with Crippen molar-refractivity contribution in [3.8, 4) is 83.1 Å². The van der Waals surface area contributed by atoms with E-state index in [4.69, 9.17) is 35.2 Å². The van der Waals surface area contributed by atoms with Crippen LogP contribution in [0.2, 0.25) is 0 Å². The van der Waals surface area contributed by atoms with Crippen LogP contribution in [0.25, 0.3) is 65.9 Å². The topological polar surface area (TPSA) is 28.3 Å². The van der Waals surface area contributed by atoms with Gasteiger partial charge >= 0.3 is 0 Å². The first-order chi connectivity index (χ1) is 22.7. The van der Waals surface area contributed by atoms with Crippen LogP contribution in [-0.2, 0) is 13.1 Å². The first kappa shape index (κ1) is 28.3. The summed E-state index contributed by atoms with van der Waals surface area (Å²) in [5.41, 5.74) is 8.41. The van der Waals surface area contributed by atoms with Crippen LogP contribution in [0.1, 0.15) is 0 Å². The fourth-order valence-corrected chi connectivity index (χ4v) is 6.63. The number of para-hydroxylation sites is 2. The molecule has 7 aromatic rings. The first-order valence-corrected chi connectivity index (χ1v) is 14.9. The van der Waals surface area contributed by atoms with Gasteiger partial charge in [-0.25, -0.2) is 0 Å². The zero-order valence-corrected chi connectivity index (χ0v) is 25.1. The number of rotatable bonds is 8. The Morgan fingerprint density at radius 3 is 1.24 bits per heavy atom. The average Bonchev–Trinajstić information content (AvgIpc) is 3.59. The minimum atomic E-state index is 0.199. The highest BCUT2D eigenvalue weighted by Crippen LogP contribution is 2.50. The van der Waals surface area contributed by atoms with E-state index < -0.39 is 0 Å². The maximum Gasteiger partial charge on any atom is 0.148 e. The van der Waals surface area contributed by atoms with E-state index in [-0.39, 0.29) is 13.2 Å². The van der Waals surface area contributed by atoms with Crippen molar-refractivity contribution >= 4 is 43.6 Å². The number of hydrogen-bond acceptors (Lipinski definition) is 2. The summed E-state index contributed by atoms with van der Waals surface area (Å²) in [6.07, 6.45) is 23.0. The summed E-state index contributed by atoms with van der Waals surface area (Å²) in [5, 5.41) is 4.40. The van der Waals surface area contributed by atoms with Crippen LogP contribution in [0.3, 0.4) is 0 Å². The Labute approximate surface area is 268 Å². The molecule has 2 heterocycles. The van der Waals surface area contributed by atoms with Gasteiger partial charge in [0.1, 0.15) is 24.7 Å². The molecule has 0 bridgehead atoms. The molecule has 0 saturated carbocycles. The Morgan fingerprint density at radius 1 is 0.478 bits per heavy atom. The highest BCUT2D eigenvalue weighted by Gasteiger charge is 2.27. The molecule has 46 heavy (non-hydrogen) atoms. The minimum absolute atomic E-state index is 0.199. The van der Waals surface area contributed by atoms with Crippen LogP contribution in [-0.4, -0.2) is 22.3 Å². The Morgan fingerprint density at radius 2 is 0.870 bits per heavy atom. The normalized spacial score (nSPS) is 10.9. The van der Waals surface area contributed by atoms with Gasteiger partial charge in [0.15, 0.2) is 0 Å². The predicted molar refractivity (Wildman–Crippen MR) is 190 cm³/mol. The zero-order valence-electron chi connectivity index (χ0n) is 25.1. The van der Waals surface area contributed by atoms with E-state index in [1.807, 2.05) is 24.3 Å². The van der Waals surface area contributed by atoms with Gasteiger partial charge in [-0.2, -0.15) is 0 Å². The second-order valence-corrected chi connectivity index (χ2v) is 10.8. The van der Waals surface area contributed by atoms with Crippen molar-refractivity contribution in [3.05, 3.63) is 97.1 Å². The van der Waals surface area contributed by atoms with Gasteiger partial charge < -0.3 is 18.6 Å². The molecule has 5 aromatic carbocycles. The van der Waals surface area contributed by atoms with Gasteiger partial charge in [0, 0.05) is 32.7 Å². The summed E-state index contributed by atoms with van der Waals surface area (Å²) < 4.78 is 16.0. The van der Waals surface area contributed by atoms with E-state index in [0.29, 0.717) is 24.6 Å². The van der Waals surface area contributed by atoms with Crippen LogP contribution in [0.15, 0.2) is 97.1 Å². The molecule has 0 aliphatic rings. The van der Waals surface area contributed by atoms with Gasteiger partial charge in [-0.3, -0.25) is 0 Å². The van der Waals surface area contributed by atoms with Crippen LogP contribution < -0.4 is 9.47 Å². The van der Waals surface area contributed by atoms with Crippen molar-refractivity contribution in [1.29, 1.82) is 0 Å². The van der Waals surface area contributed by atoms with Gasteiger partial charge in [-0.1, -0.05) is 84.3 Å². The van der Waals surface area contributed by atoms with Crippen molar-refractivity contribution in [1.82, 2.24) is 9.13 Å². The molecule has 2 aromatic heterocycles. The molecule has 0 N–H and O–H groups in total. The number of aromatic nitrogens is 2. The molecule has 0 unspecified atom stereocenters. The molecule has 0 aliphatic heterocycles. The smallest absolute Gasteiger partial charge is 0.148 e. The summed E-state index contributed by atoms with van der Waals surface area (Å²) in [5.74, 6) is 12.3. The number of terminal acetylenes is 4. The van der Waals surface area contributed by atoms with Crippen molar-refractivity contribution in [2.24, 2.45) is 0 Å². The summed E-state index contributed by atoms with van der Waals surface area (Å²) in [4.78, 5) is 0. The highest BCUT2D eigenvalue weighted by molar-refractivity contribution is 6.32. The maximum atomic E-state index is 6.05. The van der Waals surface area contributed by atoms with E-state index >= 15 is 0 Å². The fraction of sp³-hybridized carbons (Fsp3) is 0.0952. The molecule has 218 valence electrons. The molecule has 0 spiro atoms. The lowest BCUT2D eigenvalue weighted by atomic mass is 9.90. The fourth-order valence-electron chi connectivity index (χ4n) is 6.63. The third kappa shape index (κ3) is 4.50. The van der Waals surface area contributed by atoms with Crippen molar-refractivity contribution < 1.29 is 9.47 Å². The Hall–Kier alpha value is -6.46. The van der Waals surface area contributed by atoms with E-state index in [1.54, 1.807) is 0 Å². The summed E-state index contributed by atoms with van der Waals surface area (Å²) in [7, 11) is 0. The lowest BCUT2D eigenvalue weighted by Crippen LogP contribution is -2.01. The van der Waals surface area contributed by atoms with Crippen molar-refractivity contribution in [2.45, 2.75) is 13.1 Å². The van der Waals surface area contributed by atoms with Crippen LogP contribution in [0.4, 0.5) is 0 Å². The van der Waals surface area contributed by atoms with Gasteiger partial charge in [0.05, 0.1) is 35.2 Å². The number of ether oxygens (including phenoxy) is 2. The SMILES string of the molecule is C#CCOc1ccc(-c2c3c4ccccc4n(CC#C)c3c(-c3ccc(OCC#C)cc3)c3c4ccccc4n(CC#C)c23)cc1. The molecule has 4 nitrogen and oxygen atoms in total. The van der Waals surface area contributed by atoms with E-state index in [1.165, 1.54) is 0 Å². The number of hydrogen-bond donors (Lipinski definition) is 0. The standard InChI is InChI=1S/C42H28N2O2/c1-5-25-43-35-15-11-9-13-33(35)39-38(30-19-23-32(24-20-30)46-28-8-4)42-40(34-14-10-12-16-36(34)44(42)26-6-2)37(41(39)43)29-17-21-31(22-18-29)45-27-7-3/h1-4,9-24H,25-28H2. The van der Waals surface area contributed by atoms with Crippen molar-refractivity contribution in [2.75, 3.05) is 13.2 Å². The molecule has 0 saturated heterocycles. The average molecular weight is 593 g/mol. The van der Waals surface area contributed by atoms with Crippen LogP contribution in [0.5, 0.6) is 11.5 Å².